The summed E-state index contributed by atoms with van der Waals surface area (Å²) < 4.78 is 7.28. The van der Waals surface area contributed by atoms with Crippen LogP contribution in [0.4, 0.5) is 0 Å². The van der Waals surface area contributed by atoms with E-state index in [0.29, 0.717) is 19.7 Å². The zero-order chi connectivity index (χ0) is 10.6. The first-order valence-corrected chi connectivity index (χ1v) is 4.87. The Morgan fingerprint density at radius 3 is 2.64 bits per heavy atom. The minimum Gasteiger partial charge on any atom is -0.375 e. The predicted molar refractivity (Wildman–Crippen MR) is 54.0 cm³/mol. The molecule has 5 heteroatoms. The number of nitrogens with zero attached hydrogens (tertiary/aromatic N) is 3. The van der Waals surface area contributed by atoms with E-state index in [2.05, 4.69) is 10.1 Å². The second-order valence-corrected chi connectivity index (χ2v) is 3.20. The van der Waals surface area contributed by atoms with Gasteiger partial charge in [0.15, 0.2) is 0 Å². The summed E-state index contributed by atoms with van der Waals surface area (Å²) in [6.07, 6.45) is 0.0276. The molecule has 1 aromatic rings. The first-order chi connectivity index (χ1) is 6.67. The highest BCUT2D eigenvalue weighted by molar-refractivity contribution is 4.88. The molecule has 0 aromatic carbocycles. The van der Waals surface area contributed by atoms with Gasteiger partial charge in [0.25, 0.3) is 0 Å². The van der Waals surface area contributed by atoms with Crippen molar-refractivity contribution in [3.8, 4) is 0 Å². The SMILES string of the molecule is CCOC(CN)Cn1nc(C)nc1C. The van der Waals surface area contributed by atoms with Gasteiger partial charge in [0.05, 0.1) is 12.6 Å². The van der Waals surface area contributed by atoms with Gasteiger partial charge in [-0.1, -0.05) is 0 Å². The molecule has 1 atom stereocenters. The van der Waals surface area contributed by atoms with Crippen LogP contribution in [-0.2, 0) is 11.3 Å². The normalized spacial score (nSPS) is 13.1. The van der Waals surface area contributed by atoms with E-state index < -0.39 is 0 Å². The van der Waals surface area contributed by atoms with Crippen LogP contribution in [-0.4, -0.2) is 34.0 Å². The molecule has 5 nitrogen and oxygen atoms in total. The summed E-state index contributed by atoms with van der Waals surface area (Å²) in [5.41, 5.74) is 5.58. The van der Waals surface area contributed by atoms with E-state index in [9.17, 15) is 0 Å². The van der Waals surface area contributed by atoms with E-state index in [1.165, 1.54) is 0 Å². The smallest absolute Gasteiger partial charge is 0.147 e. The second kappa shape index (κ2) is 5.07. The van der Waals surface area contributed by atoms with E-state index in [1.807, 2.05) is 25.5 Å². The molecule has 1 heterocycles. The largest absolute Gasteiger partial charge is 0.375 e. The van der Waals surface area contributed by atoms with Crippen LogP contribution in [0, 0.1) is 13.8 Å². The maximum atomic E-state index is 5.58. The average Bonchev–Trinajstić information content (AvgIpc) is 2.44. The maximum Gasteiger partial charge on any atom is 0.147 e. The van der Waals surface area contributed by atoms with E-state index in [-0.39, 0.29) is 6.10 Å². The summed E-state index contributed by atoms with van der Waals surface area (Å²) in [5, 5.41) is 4.25. The molecule has 0 aliphatic heterocycles. The minimum atomic E-state index is 0.0276. The van der Waals surface area contributed by atoms with Crippen molar-refractivity contribution in [1.82, 2.24) is 14.8 Å². The van der Waals surface area contributed by atoms with Gasteiger partial charge in [-0.15, -0.1) is 0 Å². The molecule has 0 radical (unpaired) electrons. The van der Waals surface area contributed by atoms with Crippen molar-refractivity contribution < 1.29 is 4.74 Å². The average molecular weight is 198 g/mol. The third kappa shape index (κ3) is 2.78. The van der Waals surface area contributed by atoms with E-state index >= 15 is 0 Å². The summed E-state index contributed by atoms with van der Waals surface area (Å²) >= 11 is 0. The first-order valence-electron chi connectivity index (χ1n) is 4.87. The second-order valence-electron chi connectivity index (χ2n) is 3.20. The van der Waals surface area contributed by atoms with Crippen molar-refractivity contribution in [2.75, 3.05) is 13.2 Å². The van der Waals surface area contributed by atoms with Gasteiger partial charge in [-0.2, -0.15) is 5.10 Å². The number of nitrogens with two attached hydrogens (primary N) is 1. The molecule has 1 unspecified atom stereocenters. The van der Waals surface area contributed by atoms with Gasteiger partial charge in [-0.25, -0.2) is 9.67 Å². The lowest BCUT2D eigenvalue weighted by molar-refractivity contribution is 0.0536. The molecule has 0 spiro atoms. The van der Waals surface area contributed by atoms with Crippen LogP contribution in [0.15, 0.2) is 0 Å². The van der Waals surface area contributed by atoms with Crippen LogP contribution in [0.3, 0.4) is 0 Å². The standard InChI is InChI=1S/C9H18N4O/c1-4-14-9(5-10)6-13-8(3)11-7(2)12-13/h9H,4-6,10H2,1-3H3. The minimum absolute atomic E-state index is 0.0276. The Morgan fingerprint density at radius 1 is 1.50 bits per heavy atom. The molecule has 0 bridgehead atoms. The van der Waals surface area contributed by atoms with Gasteiger partial charge in [0.2, 0.25) is 0 Å². The highest BCUT2D eigenvalue weighted by Gasteiger charge is 2.10. The number of hydrogen-bond donors (Lipinski definition) is 1. The predicted octanol–water partition coefficient (Wildman–Crippen LogP) is 0.259. The van der Waals surface area contributed by atoms with Crippen molar-refractivity contribution in [1.29, 1.82) is 0 Å². The number of ether oxygens (including phenoxy) is 1. The molecule has 80 valence electrons. The summed E-state index contributed by atoms with van der Waals surface area (Å²) in [6, 6.07) is 0. The van der Waals surface area contributed by atoms with E-state index in [1.54, 1.807) is 0 Å². The first kappa shape index (κ1) is 11.1. The Labute approximate surface area is 84.3 Å². The Bertz CT molecular complexity index is 284. The van der Waals surface area contributed by atoms with Crippen molar-refractivity contribution >= 4 is 0 Å². The number of aryl methyl sites for hydroxylation is 2. The molecule has 0 amide bonds. The Morgan fingerprint density at radius 2 is 2.21 bits per heavy atom. The molecule has 1 aromatic heterocycles. The number of aromatic nitrogens is 3. The fraction of sp³-hybridized carbons (Fsp3) is 0.778. The lowest BCUT2D eigenvalue weighted by atomic mass is 10.3. The van der Waals surface area contributed by atoms with Crippen LogP contribution < -0.4 is 5.73 Å². The Kier molecular flexibility index (Phi) is 4.03. The van der Waals surface area contributed by atoms with Gasteiger partial charge in [0, 0.05) is 13.2 Å². The quantitative estimate of drug-likeness (QED) is 0.737. The molecule has 14 heavy (non-hydrogen) atoms. The van der Waals surface area contributed by atoms with Crippen LogP contribution in [0.25, 0.3) is 0 Å². The van der Waals surface area contributed by atoms with Crippen LogP contribution >= 0.6 is 0 Å². The van der Waals surface area contributed by atoms with Crippen molar-refractivity contribution in [2.24, 2.45) is 5.73 Å². The molecule has 2 N–H and O–H groups in total. The summed E-state index contributed by atoms with van der Waals surface area (Å²) in [4.78, 5) is 4.21. The summed E-state index contributed by atoms with van der Waals surface area (Å²) in [6.45, 7) is 7.63. The lowest BCUT2D eigenvalue weighted by Crippen LogP contribution is -2.29. The fourth-order valence-electron chi connectivity index (χ4n) is 1.36. The molecule has 0 aliphatic carbocycles. The van der Waals surface area contributed by atoms with Crippen molar-refractivity contribution in [2.45, 2.75) is 33.4 Å². The van der Waals surface area contributed by atoms with Gasteiger partial charge >= 0.3 is 0 Å². The highest BCUT2D eigenvalue weighted by Crippen LogP contribution is 2.00. The Hall–Kier alpha value is -0.940. The Balaban J connectivity index is 2.61. The summed E-state index contributed by atoms with van der Waals surface area (Å²) in [5.74, 6) is 1.69. The van der Waals surface area contributed by atoms with Crippen LogP contribution in [0.2, 0.25) is 0 Å². The monoisotopic (exact) mass is 198 g/mol. The van der Waals surface area contributed by atoms with E-state index in [0.717, 1.165) is 11.6 Å². The van der Waals surface area contributed by atoms with Gasteiger partial charge in [-0.05, 0) is 20.8 Å². The van der Waals surface area contributed by atoms with Crippen molar-refractivity contribution in [3.05, 3.63) is 11.6 Å². The van der Waals surface area contributed by atoms with Gasteiger partial charge in [-0.3, -0.25) is 0 Å². The third-order valence-corrected chi connectivity index (χ3v) is 2.00. The zero-order valence-electron chi connectivity index (χ0n) is 9.03. The molecule has 0 saturated heterocycles. The molecule has 0 saturated carbocycles. The molecule has 0 fully saturated rings. The molecular weight excluding hydrogens is 180 g/mol. The highest BCUT2D eigenvalue weighted by atomic mass is 16.5. The van der Waals surface area contributed by atoms with Crippen molar-refractivity contribution in [3.63, 3.8) is 0 Å². The van der Waals surface area contributed by atoms with Crippen LogP contribution in [0.5, 0.6) is 0 Å². The summed E-state index contributed by atoms with van der Waals surface area (Å²) in [7, 11) is 0. The fourth-order valence-corrected chi connectivity index (χ4v) is 1.36. The molecule has 1 rings (SSSR count). The number of rotatable bonds is 5. The van der Waals surface area contributed by atoms with Gasteiger partial charge < -0.3 is 10.5 Å². The molecule has 0 aliphatic rings. The molecular formula is C9H18N4O. The number of hydrogen-bond acceptors (Lipinski definition) is 4. The third-order valence-electron chi connectivity index (χ3n) is 2.00. The lowest BCUT2D eigenvalue weighted by Gasteiger charge is -2.14. The zero-order valence-corrected chi connectivity index (χ0v) is 9.03. The van der Waals surface area contributed by atoms with Gasteiger partial charge in [0.1, 0.15) is 11.6 Å². The topological polar surface area (TPSA) is 66.0 Å². The van der Waals surface area contributed by atoms with E-state index in [4.69, 9.17) is 10.5 Å². The van der Waals surface area contributed by atoms with Crippen LogP contribution in [0.1, 0.15) is 18.6 Å². The maximum absolute atomic E-state index is 5.58.